The van der Waals surface area contributed by atoms with Crippen LogP contribution in [-0.4, -0.2) is 18.1 Å². The van der Waals surface area contributed by atoms with Crippen LogP contribution in [0.25, 0.3) is 16.3 Å². The van der Waals surface area contributed by atoms with Gasteiger partial charge in [0, 0.05) is 61.4 Å². The molecule has 1 aromatic heterocycles. The van der Waals surface area contributed by atoms with Crippen LogP contribution < -0.4 is 28.4 Å². The highest BCUT2D eigenvalue weighted by Gasteiger charge is 2.45. The molecule has 2 aromatic carbocycles. The van der Waals surface area contributed by atoms with Crippen LogP contribution in [0, 0.1) is 0 Å². The average molecular weight is 604 g/mol. The molecule has 2 saturated carbocycles. The minimum absolute atomic E-state index is 0.441. The molecule has 2 spiro atoms. The number of fused-ring (bicyclic) bond motifs is 4. The van der Waals surface area contributed by atoms with E-state index >= 15 is 0 Å². The lowest BCUT2D eigenvalue weighted by atomic mass is 9.94. The molecule has 8 heteroatoms. The fourth-order valence-electron chi connectivity index (χ4n) is 7.27. The van der Waals surface area contributed by atoms with Gasteiger partial charge in [0.1, 0.15) is 11.2 Å². The molecule has 42 heavy (non-hydrogen) atoms. The van der Waals surface area contributed by atoms with E-state index in [2.05, 4.69) is 66.7 Å². The Morgan fingerprint density at radius 2 is 1.43 bits per heavy atom. The quantitative estimate of drug-likeness (QED) is 0.278. The van der Waals surface area contributed by atoms with Crippen LogP contribution in [0.1, 0.15) is 90.0 Å². The number of thioether (sulfide) groups is 1. The van der Waals surface area contributed by atoms with Gasteiger partial charge in [0.05, 0.1) is 16.8 Å². The summed E-state index contributed by atoms with van der Waals surface area (Å²) >= 11 is 3.65. The minimum Gasteiger partial charge on any atom is -0.448 e. The second kappa shape index (κ2) is 10.1. The second-order valence-corrected chi connectivity index (χ2v) is 14.4. The van der Waals surface area contributed by atoms with Crippen molar-refractivity contribution >= 4 is 45.1 Å². The van der Waals surface area contributed by atoms with Crippen molar-refractivity contribution < 1.29 is 23.5 Å². The Labute approximate surface area is 256 Å². The Hall–Kier alpha value is -2.84. The zero-order valence-corrected chi connectivity index (χ0v) is 26.4. The predicted octanol–water partition coefficient (Wildman–Crippen LogP) is 8.95. The maximum atomic E-state index is 6.46. The van der Waals surface area contributed by atoms with E-state index < -0.39 is 11.6 Å². The number of thiazole rings is 1. The minimum atomic E-state index is -0.441. The number of aryl methyl sites for hydroxylation is 1. The van der Waals surface area contributed by atoms with Crippen molar-refractivity contribution in [3.05, 3.63) is 46.0 Å². The van der Waals surface area contributed by atoms with Gasteiger partial charge < -0.3 is 23.8 Å². The third kappa shape index (κ3) is 4.39. The maximum Gasteiger partial charge on any atom is 0.263 e. The van der Waals surface area contributed by atoms with Gasteiger partial charge in [0.25, 0.3) is 16.6 Å². The maximum absolute atomic E-state index is 6.46. The van der Waals surface area contributed by atoms with Crippen molar-refractivity contribution in [1.82, 2.24) is 0 Å². The van der Waals surface area contributed by atoms with Gasteiger partial charge >= 0.3 is 0 Å². The van der Waals surface area contributed by atoms with Crippen molar-refractivity contribution in [1.29, 1.82) is 0 Å². The van der Waals surface area contributed by atoms with Gasteiger partial charge in [-0.2, -0.15) is 4.57 Å². The van der Waals surface area contributed by atoms with Crippen LogP contribution in [0.3, 0.4) is 0 Å². The van der Waals surface area contributed by atoms with Crippen molar-refractivity contribution in [2.45, 2.75) is 108 Å². The highest BCUT2D eigenvalue weighted by atomic mass is 32.2. The first-order valence-corrected chi connectivity index (χ1v) is 17.4. The van der Waals surface area contributed by atoms with Gasteiger partial charge in [-0.3, -0.25) is 0 Å². The summed E-state index contributed by atoms with van der Waals surface area (Å²) in [5.41, 5.74) is 3.65. The lowest BCUT2D eigenvalue weighted by Crippen LogP contribution is -2.40. The van der Waals surface area contributed by atoms with Crippen LogP contribution in [0.2, 0.25) is 0 Å². The summed E-state index contributed by atoms with van der Waals surface area (Å²) in [6, 6.07) is 8.78. The van der Waals surface area contributed by atoms with Crippen LogP contribution in [0.15, 0.2) is 45.8 Å². The largest absolute Gasteiger partial charge is 0.448 e. The van der Waals surface area contributed by atoms with Gasteiger partial charge in [-0.15, -0.1) is 0 Å². The number of hydrogen-bond donors (Lipinski definition) is 0. The number of nitrogens with zero attached hydrogens (tertiary/aromatic N) is 2. The van der Waals surface area contributed by atoms with E-state index in [1.807, 2.05) is 23.1 Å². The molecule has 0 amide bonds. The van der Waals surface area contributed by atoms with Gasteiger partial charge in [-0.05, 0) is 58.1 Å². The fourth-order valence-corrected chi connectivity index (χ4v) is 9.76. The zero-order chi connectivity index (χ0) is 28.5. The summed E-state index contributed by atoms with van der Waals surface area (Å²) in [5, 5.41) is 2.47. The average Bonchev–Trinajstić information content (AvgIpc) is 3.69. The van der Waals surface area contributed by atoms with Crippen LogP contribution in [0.5, 0.6) is 23.0 Å². The van der Waals surface area contributed by atoms with Crippen LogP contribution >= 0.6 is 23.1 Å². The van der Waals surface area contributed by atoms with Crippen molar-refractivity contribution in [3.8, 4) is 23.0 Å². The Bertz CT molecular complexity index is 1630. The molecule has 4 heterocycles. The van der Waals surface area contributed by atoms with E-state index in [1.54, 1.807) is 0 Å². The summed E-state index contributed by atoms with van der Waals surface area (Å²) in [6.07, 6.45) is 15.8. The highest BCUT2D eigenvalue weighted by molar-refractivity contribution is 8.03. The Kier molecular flexibility index (Phi) is 6.45. The van der Waals surface area contributed by atoms with E-state index in [4.69, 9.17) is 18.9 Å². The first-order chi connectivity index (χ1) is 20.5. The van der Waals surface area contributed by atoms with Gasteiger partial charge in [-0.25, -0.2) is 0 Å². The van der Waals surface area contributed by atoms with Crippen molar-refractivity contribution in [2.75, 3.05) is 11.4 Å². The van der Waals surface area contributed by atoms with E-state index in [-0.39, 0.29) is 0 Å². The third-order valence-corrected chi connectivity index (χ3v) is 11.5. The molecule has 0 bridgehead atoms. The van der Waals surface area contributed by atoms with E-state index in [1.165, 1.54) is 74.9 Å². The summed E-state index contributed by atoms with van der Waals surface area (Å²) in [6.45, 7) is 8.43. The SMILES string of the molecule is CCN1/C(=C\C(C)=C\c2sc3cc4c(cc3[n+]2CC)OC2(CCCCC2)O4)Sc2cc3c(cc21)OC1(CCCCC1)O3. The lowest BCUT2D eigenvalue weighted by molar-refractivity contribution is -0.665. The number of ether oxygens (including phenoxy) is 4. The van der Waals surface area contributed by atoms with E-state index in [0.29, 0.717) is 0 Å². The fraction of sp³-hybridized carbons (Fsp3) is 0.500. The zero-order valence-electron chi connectivity index (χ0n) is 24.8. The molecule has 0 atom stereocenters. The third-order valence-electron chi connectivity index (χ3n) is 9.34. The van der Waals surface area contributed by atoms with Gasteiger partial charge in [0.2, 0.25) is 5.52 Å². The molecule has 0 N–H and O–H groups in total. The molecule has 0 saturated heterocycles. The summed E-state index contributed by atoms with van der Waals surface area (Å²) in [4.78, 5) is 3.63. The molecule has 3 aromatic rings. The summed E-state index contributed by atoms with van der Waals surface area (Å²) < 4.78 is 29.4. The highest BCUT2D eigenvalue weighted by Crippen LogP contribution is 2.55. The molecular formula is C34H39N2O4S2+. The summed E-state index contributed by atoms with van der Waals surface area (Å²) in [7, 11) is 0. The molecule has 2 aliphatic carbocycles. The molecule has 0 unspecified atom stereocenters. The summed E-state index contributed by atoms with van der Waals surface area (Å²) in [5.74, 6) is 2.71. The smallest absolute Gasteiger partial charge is 0.263 e. The van der Waals surface area contributed by atoms with Crippen molar-refractivity contribution in [2.24, 2.45) is 0 Å². The first-order valence-electron chi connectivity index (χ1n) is 15.8. The van der Waals surface area contributed by atoms with Crippen molar-refractivity contribution in [3.63, 3.8) is 0 Å². The Morgan fingerprint density at radius 1 is 0.833 bits per heavy atom. The normalized spacial score (nSPS) is 22.6. The second-order valence-electron chi connectivity index (χ2n) is 12.3. The monoisotopic (exact) mass is 603 g/mol. The van der Waals surface area contributed by atoms with Crippen LogP contribution in [-0.2, 0) is 6.54 Å². The molecule has 6 nitrogen and oxygen atoms in total. The number of rotatable bonds is 4. The predicted molar refractivity (Wildman–Crippen MR) is 169 cm³/mol. The number of hydrogen-bond acceptors (Lipinski definition) is 7. The standard InChI is InChI=1S/C34H39N2O4S2/c1-4-35-23-18-25-27(39-33(37-25)12-8-6-9-13-33)20-29(23)41-31(35)16-22(3)17-32-36(5-2)24-19-26-28(21-30(24)42-32)40-34(38-26)14-10-7-11-15-34/h16-21H,4-15H2,1-3H3/q+1. The number of aromatic nitrogens is 1. The molecular weight excluding hydrogens is 565 g/mol. The van der Waals surface area contributed by atoms with E-state index in [0.717, 1.165) is 61.8 Å². The number of allylic oxidation sites excluding steroid dienone is 2. The van der Waals surface area contributed by atoms with Crippen LogP contribution in [0.4, 0.5) is 5.69 Å². The van der Waals surface area contributed by atoms with Gasteiger partial charge in [0.15, 0.2) is 23.0 Å². The number of benzene rings is 2. The topological polar surface area (TPSA) is 44.0 Å². The molecule has 2 fully saturated rings. The Balaban J connectivity index is 1.06. The first kappa shape index (κ1) is 26.8. The molecule has 3 aliphatic heterocycles. The number of anilines is 1. The lowest BCUT2D eigenvalue weighted by Gasteiger charge is -2.31. The molecule has 8 rings (SSSR count). The Morgan fingerprint density at radius 3 is 2.05 bits per heavy atom. The molecule has 5 aliphatic rings. The van der Waals surface area contributed by atoms with Gasteiger partial charge in [-0.1, -0.05) is 35.9 Å². The van der Waals surface area contributed by atoms with E-state index in [9.17, 15) is 0 Å². The molecule has 0 radical (unpaired) electrons. The molecule has 220 valence electrons.